The second-order valence-electron chi connectivity index (χ2n) is 4.18. The van der Waals surface area contributed by atoms with Crippen molar-refractivity contribution in [2.24, 2.45) is 5.73 Å². The Morgan fingerprint density at radius 2 is 1.94 bits per heavy atom. The zero-order valence-electron chi connectivity index (χ0n) is 8.44. The van der Waals surface area contributed by atoms with E-state index in [0.29, 0.717) is 11.0 Å². The standard InChI is InChI=1S/C11H11BrF3N/c12-9-5-7(11(13,14)15)1-2-8(9)10(6-16)3-4-10/h1-2,5H,3-4,6,16H2. The third-order valence-electron chi connectivity index (χ3n) is 3.11. The molecule has 5 heteroatoms. The topological polar surface area (TPSA) is 26.0 Å². The fraction of sp³-hybridized carbons (Fsp3) is 0.455. The molecule has 2 N–H and O–H groups in total. The molecule has 88 valence electrons. The molecular weight excluding hydrogens is 283 g/mol. The van der Waals surface area contributed by atoms with E-state index in [1.165, 1.54) is 6.07 Å². The van der Waals surface area contributed by atoms with Gasteiger partial charge in [-0.05, 0) is 30.5 Å². The minimum atomic E-state index is -4.29. The Balaban J connectivity index is 2.38. The molecule has 0 bridgehead atoms. The zero-order chi connectivity index (χ0) is 12.0. The van der Waals surface area contributed by atoms with Gasteiger partial charge in [0.1, 0.15) is 0 Å². The van der Waals surface area contributed by atoms with Gasteiger partial charge in [-0.3, -0.25) is 0 Å². The van der Waals surface area contributed by atoms with Crippen LogP contribution in [-0.2, 0) is 11.6 Å². The first kappa shape index (κ1) is 11.9. The molecule has 0 radical (unpaired) electrons. The Morgan fingerprint density at radius 1 is 1.31 bits per heavy atom. The van der Waals surface area contributed by atoms with Crippen LogP contribution in [0.4, 0.5) is 13.2 Å². The number of halogens is 4. The summed E-state index contributed by atoms with van der Waals surface area (Å²) in [6.07, 6.45) is -2.39. The van der Waals surface area contributed by atoms with E-state index < -0.39 is 11.7 Å². The highest BCUT2D eigenvalue weighted by Gasteiger charge is 2.44. The minimum absolute atomic E-state index is 0.0943. The Bertz CT molecular complexity index is 410. The normalized spacial score (nSPS) is 18.6. The van der Waals surface area contributed by atoms with Crippen molar-refractivity contribution in [3.8, 4) is 0 Å². The molecular formula is C11H11BrF3N. The molecule has 1 nitrogen and oxygen atoms in total. The fourth-order valence-electron chi connectivity index (χ4n) is 1.86. The van der Waals surface area contributed by atoms with Crippen LogP contribution in [0.2, 0.25) is 0 Å². The van der Waals surface area contributed by atoms with Crippen LogP contribution in [0.15, 0.2) is 22.7 Å². The first-order valence-corrected chi connectivity index (χ1v) is 5.76. The van der Waals surface area contributed by atoms with Crippen molar-refractivity contribution in [2.45, 2.75) is 24.4 Å². The Labute approximate surface area is 100.0 Å². The second kappa shape index (κ2) is 3.74. The molecule has 2 rings (SSSR count). The first-order valence-electron chi connectivity index (χ1n) is 4.96. The first-order chi connectivity index (χ1) is 7.39. The van der Waals surface area contributed by atoms with Gasteiger partial charge in [-0.25, -0.2) is 0 Å². The van der Waals surface area contributed by atoms with Crippen LogP contribution in [0.1, 0.15) is 24.0 Å². The second-order valence-corrected chi connectivity index (χ2v) is 5.03. The van der Waals surface area contributed by atoms with Gasteiger partial charge in [0.2, 0.25) is 0 Å². The number of rotatable bonds is 2. The largest absolute Gasteiger partial charge is 0.416 e. The van der Waals surface area contributed by atoms with Gasteiger partial charge in [0.25, 0.3) is 0 Å². The third-order valence-corrected chi connectivity index (χ3v) is 3.77. The molecule has 1 saturated carbocycles. The van der Waals surface area contributed by atoms with E-state index in [-0.39, 0.29) is 5.41 Å². The highest BCUT2D eigenvalue weighted by molar-refractivity contribution is 9.10. The minimum Gasteiger partial charge on any atom is -0.330 e. The van der Waals surface area contributed by atoms with Crippen LogP contribution in [0.3, 0.4) is 0 Å². The van der Waals surface area contributed by atoms with E-state index in [4.69, 9.17) is 5.73 Å². The lowest BCUT2D eigenvalue weighted by Crippen LogP contribution is -2.20. The molecule has 1 aromatic carbocycles. The van der Waals surface area contributed by atoms with Gasteiger partial charge in [-0.15, -0.1) is 0 Å². The average molecular weight is 294 g/mol. The molecule has 0 aliphatic heterocycles. The summed E-state index contributed by atoms with van der Waals surface area (Å²) in [7, 11) is 0. The summed E-state index contributed by atoms with van der Waals surface area (Å²) in [6, 6.07) is 3.79. The maximum absolute atomic E-state index is 12.4. The highest BCUT2D eigenvalue weighted by atomic mass is 79.9. The molecule has 0 heterocycles. The lowest BCUT2D eigenvalue weighted by atomic mass is 9.95. The van der Waals surface area contributed by atoms with Crippen molar-refractivity contribution in [3.63, 3.8) is 0 Å². The van der Waals surface area contributed by atoms with Gasteiger partial charge in [0.15, 0.2) is 0 Å². The van der Waals surface area contributed by atoms with Gasteiger partial charge in [-0.2, -0.15) is 13.2 Å². The van der Waals surface area contributed by atoms with Gasteiger partial charge >= 0.3 is 6.18 Å². The molecule has 0 amide bonds. The molecule has 1 aliphatic carbocycles. The number of hydrogen-bond donors (Lipinski definition) is 1. The smallest absolute Gasteiger partial charge is 0.330 e. The van der Waals surface area contributed by atoms with E-state index in [1.54, 1.807) is 0 Å². The number of benzene rings is 1. The van der Waals surface area contributed by atoms with E-state index >= 15 is 0 Å². The van der Waals surface area contributed by atoms with Crippen LogP contribution in [0, 0.1) is 0 Å². The van der Waals surface area contributed by atoms with Crippen molar-refractivity contribution in [1.29, 1.82) is 0 Å². The zero-order valence-corrected chi connectivity index (χ0v) is 10.0. The van der Waals surface area contributed by atoms with Crippen molar-refractivity contribution < 1.29 is 13.2 Å². The van der Waals surface area contributed by atoms with Crippen LogP contribution in [0.5, 0.6) is 0 Å². The van der Waals surface area contributed by atoms with Crippen molar-refractivity contribution in [3.05, 3.63) is 33.8 Å². The lowest BCUT2D eigenvalue weighted by Gasteiger charge is -2.16. The van der Waals surface area contributed by atoms with Crippen LogP contribution in [-0.4, -0.2) is 6.54 Å². The highest BCUT2D eigenvalue weighted by Crippen LogP contribution is 2.50. The van der Waals surface area contributed by atoms with E-state index in [1.807, 2.05) is 0 Å². The summed E-state index contributed by atoms with van der Waals surface area (Å²) in [5.74, 6) is 0. The Kier molecular flexibility index (Phi) is 2.78. The van der Waals surface area contributed by atoms with Crippen LogP contribution >= 0.6 is 15.9 Å². The number of alkyl halides is 3. The quantitative estimate of drug-likeness (QED) is 0.888. The number of nitrogens with two attached hydrogens (primary N) is 1. The summed E-state index contributed by atoms with van der Waals surface area (Å²) in [5, 5.41) is 0. The van der Waals surface area contributed by atoms with E-state index in [9.17, 15) is 13.2 Å². The maximum Gasteiger partial charge on any atom is 0.416 e. The fourth-order valence-corrected chi connectivity index (χ4v) is 2.66. The predicted molar refractivity (Wildman–Crippen MR) is 59.1 cm³/mol. The Hall–Kier alpha value is -0.550. The molecule has 1 fully saturated rings. The SMILES string of the molecule is NCC1(c2ccc(C(F)(F)F)cc2Br)CC1. The summed E-state index contributed by atoms with van der Waals surface area (Å²) >= 11 is 3.20. The van der Waals surface area contributed by atoms with Gasteiger partial charge in [-0.1, -0.05) is 22.0 Å². The molecule has 16 heavy (non-hydrogen) atoms. The van der Waals surface area contributed by atoms with Crippen molar-refractivity contribution in [1.82, 2.24) is 0 Å². The molecule has 0 unspecified atom stereocenters. The molecule has 1 aromatic rings. The maximum atomic E-state index is 12.4. The average Bonchev–Trinajstić information content (AvgIpc) is 2.97. The van der Waals surface area contributed by atoms with Crippen molar-refractivity contribution >= 4 is 15.9 Å². The third kappa shape index (κ3) is 1.98. The van der Waals surface area contributed by atoms with E-state index in [2.05, 4.69) is 15.9 Å². The molecule has 0 atom stereocenters. The van der Waals surface area contributed by atoms with E-state index in [0.717, 1.165) is 30.5 Å². The monoisotopic (exact) mass is 293 g/mol. The van der Waals surface area contributed by atoms with Gasteiger partial charge < -0.3 is 5.73 Å². The molecule has 0 saturated heterocycles. The summed E-state index contributed by atoms with van der Waals surface area (Å²) in [6.45, 7) is 0.483. The molecule has 0 aromatic heterocycles. The summed E-state index contributed by atoms with van der Waals surface area (Å²) in [5.41, 5.74) is 5.82. The molecule has 0 spiro atoms. The van der Waals surface area contributed by atoms with Crippen molar-refractivity contribution in [2.75, 3.05) is 6.54 Å². The Morgan fingerprint density at radius 3 is 2.31 bits per heavy atom. The van der Waals surface area contributed by atoms with Crippen LogP contribution in [0.25, 0.3) is 0 Å². The van der Waals surface area contributed by atoms with Gasteiger partial charge in [0.05, 0.1) is 5.56 Å². The van der Waals surface area contributed by atoms with Crippen LogP contribution < -0.4 is 5.73 Å². The molecule has 1 aliphatic rings. The summed E-state index contributed by atoms with van der Waals surface area (Å²) < 4.78 is 37.8. The number of hydrogen-bond acceptors (Lipinski definition) is 1. The predicted octanol–water partition coefficient (Wildman–Crippen LogP) is 3.46. The summed E-state index contributed by atoms with van der Waals surface area (Å²) in [4.78, 5) is 0. The van der Waals surface area contributed by atoms with Gasteiger partial charge in [0, 0.05) is 16.4 Å². The lowest BCUT2D eigenvalue weighted by molar-refractivity contribution is -0.137.